The van der Waals surface area contributed by atoms with Crippen molar-refractivity contribution >= 4 is 34.4 Å². The molecule has 0 fully saturated rings. The number of fused-ring (bicyclic) bond motifs is 1. The number of nitrogen functional groups attached to an aromatic ring is 1. The van der Waals surface area contributed by atoms with Crippen molar-refractivity contribution < 1.29 is 9.59 Å². The fourth-order valence-corrected chi connectivity index (χ4v) is 2.09. The quantitative estimate of drug-likeness (QED) is 0.680. The number of hydrogen-bond acceptors (Lipinski definition) is 6. The van der Waals surface area contributed by atoms with Crippen molar-refractivity contribution in [3.05, 3.63) is 30.7 Å². The van der Waals surface area contributed by atoms with E-state index in [9.17, 15) is 9.59 Å². The molecule has 3 aromatic rings. The second-order valence-electron chi connectivity index (χ2n) is 4.71. The highest BCUT2D eigenvalue weighted by Crippen LogP contribution is 2.19. The second-order valence-corrected chi connectivity index (χ2v) is 4.71. The molecule has 3 rings (SSSR count). The molecule has 2 heterocycles. The van der Waals surface area contributed by atoms with E-state index >= 15 is 0 Å². The van der Waals surface area contributed by atoms with Gasteiger partial charge in [-0.05, 0) is 12.1 Å². The lowest BCUT2D eigenvalue weighted by Crippen LogP contribution is -2.17. The summed E-state index contributed by atoms with van der Waals surface area (Å²) in [5, 5.41) is 10.0. The highest BCUT2D eigenvalue weighted by molar-refractivity contribution is 5.95. The number of nitrogens with zero attached hydrogens (tertiary/aromatic N) is 5. The molecule has 0 spiro atoms. The summed E-state index contributed by atoms with van der Waals surface area (Å²) >= 11 is 0. The smallest absolute Gasteiger partial charge is 0.254 e. The fourth-order valence-electron chi connectivity index (χ4n) is 2.09. The molecule has 0 aliphatic heterocycles. The molecule has 0 aliphatic carbocycles. The van der Waals surface area contributed by atoms with Crippen molar-refractivity contribution in [3.8, 4) is 0 Å². The molecule has 9 heteroatoms. The van der Waals surface area contributed by atoms with Crippen LogP contribution < -0.4 is 11.1 Å². The first-order valence-corrected chi connectivity index (χ1v) is 6.47. The van der Waals surface area contributed by atoms with Gasteiger partial charge >= 0.3 is 0 Å². The van der Waals surface area contributed by atoms with Crippen molar-refractivity contribution in [2.75, 3.05) is 11.1 Å². The zero-order valence-electron chi connectivity index (χ0n) is 11.7. The number of amides is 1. The summed E-state index contributed by atoms with van der Waals surface area (Å²) in [4.78, 5) is 27.4. The zero-order valence-corrected chi connectivity index (χ0v) is 11.7. The summed E-state index contributed by atoms with van der Waals surface area (Å²) in [6.07, 6.45) is 2.90. The summed E-state index contributed by atoms with van der Waals surface area (Å²) in [5.41, 5.74) is 7.54. The maximum atomic E-state index is 12.3. The normalized spacial score (nSPS) is 10.8. The lowest BCUT2D eigenvalue weighted by molar-refractivity contribution is -0.114. The molecule has 0 radical (unpaired) electrons. The largest absolute Gasteiger partial charge is 0.397 e. The van der Waals surface area contributed by atoms with Gasteiger partial charge in [0.05, 0.1) is 17.4 Å². The van der Waals surface area contributed by atoms with Crippen LogP contribution in [-0.4, -0.2) is 36.4 Å². The van der Waals surface area contributed by atoms with E-state index in [-0.39, 0.29) is 18.4 Å². The van der Waals surface area contributed by atoms with Gasteiger partial charge in [0.15, 0.2) is 5.82 Å². The molecule has 1 amide bonds. The van der Waals surface area contributed by atoms with E-state index in [0.29, 0.717) is 22.5 Å². The van der Waals surface area contributed by atoms with Crippen LogP contribution >= 0.6 is 0 Å². The van der Waals surface area contributed by atoms with Crippen molar-refractivity contribution in [1.82, 2.24) is 24.5 Å². The van der Waals surface area contributed by atoms with E-state index in [0.717, 1.165) is 0 Å². The van der Waals surface area contributed by atoms with Gasteiger partial charge in [-0.15, -0.1) is 5.10 Å². The van der Waals surface area contributed by atoms with Crippen molar-refractivity contribution in [2.45, 2.75) is 13.5 Å². The lowest BCUT2D eigenvalue weighted by Gasteiger charge is -2.03. The number of hydrogen-bond donors (Lipinski definition) is 2. The Hall–Kier alpha value is -3.23. The number of para-hydroxylation sites is 1. The number of rotatable bonds is 3. The average molecular weight is 299 g/mol. The van der Waals surface area contributed by atoms with Gasteiger partial charge in [-0.25, -0.2) is 9.67 Å². The SMILES string of the molecule is CC(=O)Nc1cn(CC(=O)n2cnc3c(N)cccc32)nn1. The third kappa shape index (κ3) is 2.51. The van der Waals surface area contributed by atoms with E-state index in [2.05, 4.69) is 20.6 Å². The van der Waals surface area contributed by atoms with Crippen LogP contribution in [0.4, 0.5) is 11.5 Å². The van der Waals surface area contributed by atoms with Crippen LogP contribution in [0.1, 0.15) is 11.7 Å². The van der Waals surface area contributed by atoms with Gasteiger partial charge in [-0.2, -0.15) is 0 Å². The molecule has 9 nitrogen and oxygen atoms in total. The minimum Gasteiger partial charge on any atom is -0.397 e. The van der Waals surface area contributed by atoms with Crippen LogP contribution in [0.2, 0.25) is 0 Å². The van der Waals surface area contributed by atoms with Gasteiger partial charge < -0.3 is 11.1 Å². The number of nitrogens with two attached hydrogens (primary N) is 1. The van der Waals surface area contributed by atoms with Crippen LogP contribution in [-0.2, 0) is 11.3 Å². The third-order valence-electron chi connectivity index (χ3n) is 3.02. The molecule has 0 saturated heterocycles. The van der Waals surface area contributed by atoms with Gasteiger partial charge in [0.2, 0.25) is 5.91 Å². The van der Waals surface area contributed by atoms with E-state index in [1.807, 2.05) is 0 Å². The minimum absolute atomic E-state index is 0.0349. The lowest BCUT2D eigenvalue weighted by atomic mass is 10.3. The monoisotopic (exact) mass is 299 g/mol. The number of carbonyl (C=O) groups excluding carboxylic acids is 2. The van der Waals surface area contributed by atoms with Gasteiger partial charge in [-0.3, -0.25) is 14.2 Å². The number of benzene rings is 1. The molecule has 22 heavy (non-hydrogen) atoms. The van der Waals surface area contributed by atoms with Crippen LogP contribution in [0.3, 0.4) is 0 Å². The van der Waals surface area contributed by atoms with Gasteiger partial charge in [0, 0.05) is 6.92 Å². The molecule has 0 bridgehead atoms. The molecule has 0 aliphatic rings. The molecule has 0 unspecified atom stereocenters. The Morgan fingerprint density at radius 1 is 1.36 bits per heavy atom. The van der Waals surface area contributed by atoms with E-state index in [1.165, 1.54) is 28.7 Å². The second kappa shape index (κ2) is 5.28. The van der Waals surface area contributed by atoms with Crippen molar-refractivity contribution in [2.24, 2.45) is 0 Å². The number of carbonyl (C=O) groups is 2. The Bertz CT molecular complexity index is 864. The Morgan fingerprint density at radius 3 is 2.95 bits per heavy atom. The Balaban J connectivity index is 1.83. The minimum atomic E-state index is -0.255. The van der Waals surface area contributed by atoms with Crippen LogP contribution in [0, 0.1) is 0 Å². The molecule has 0 saturated carbocycles. The number of anilines is 2. The topological polar surface area (TPSA) is 121 Å². The summed E-state index contributed by atoms with van der Waals surface area (Å²) in [7, 11) is 0. The number of aromatic nitrogens is 5. The Morgan fingerprint density at radius 2 is 2.18 bits per heavy atom. The van der Waals surface area contributed by atoms with Gasteiger partial charge in [-0.1, -0.05) is 11.3 Å². The van der Waals surface area contributed by atoms with Crippen molar-refractivity contribution in [1.29, 1.82) is 0 Å². The first kappa shape index (κ1) is 13.7. The highest BCUT2D eigenvalue weighted by atomic mass is 16.2. The predicted molar refractivity (Wildman–Crippen MR) is 79.1 cm³/mol. The molecular weight excluding hydrogens is 286 g/mol. The Kier molecular flexibility index (Phi) is 3.30. The Labute approximate surface area is 124 Å². The summed E-state index contributed by atoms with van der Waals surface area (Å²) in [5.74, 6) is -0.207. The first-order valence-electron chi connectivity index (χ1n) is 6.47. The predicted octanol–water partition coefficient (Wildman–Crippen LogP) is 0.509. The fraction of sp³-hybridized carbons (Fsp3) is 0.154. The number of nitrogens with one attached hydrogen (secondary N) is 1. The molecule has 1 aromatic carbocycles. The van der Waals surface area contributed by atoms with Crippen LogP contribution in [0.15, 0.2) is 30.7 Å². The van der Waals surface area contributed by atoms with Crippen LogP contribution in [0.5, 0.6) is 0 Å². The number of imidazole rings is 1. The van der Waals surface area contributed by atoms with E-state index < -0.39 is 0 Å². The maximum absolute atomic E-state index is 12.3. The maximum Gasteiger partial charge on any atom is 0.254 e. The molecule has 0 atom stereocenters. The summed E-state index contributed by atoms with van der Waals surface area (Å²) < 4.78 is 2.75. The molecule has 3 N–H and O–H groups in total. The first-order chi connectivity index (χ1) is 10.5. The zero-order chi connectivity index (χ0) is 15.7. The van der Waals surface area contributed by atoms with Crippen molar-refractivity contribution in [3.63, 3.8) is 0 Å². The molecule has 112 valence electrons. The van der Waals surface area contributed by atoms with Gasteiger partial charge in [0.1, 0.15) is 18.4 Å². The third-order valence-corrected chi connectivity index (χ3v) is 3.02. The molecule has 2 aromatic heterocycles. The van der Waals surface area contributed by atoms with Crippen LogP contribution in [0.25, 0.3) is 11.0 Å². The molecular formula is C13H13N7O2. The van der Waals surface area contributed by atoms with Gasteiger partial charge in [0.25, 0.3) is 5.91 Å². The standard InChI is InChI=1S/C13H13N7O2/c1-8(21)16-11-5-19(18-17-11)6-12(22)20-7-15-13-9(14)3-2-4-10(13)20/h2-5,7H,6,14H2,1H3,(H,16,21). The summed E-state index contributed by atoms with van der Waals surface area (Å²) in [6, 6.07) is 5.25. The average Bonchev–Trinajstić information content (AvgIpc) is 3.05. The summed E-state index contributed by atoms with van der Waals surface area (Å²) in [6.45, 7) is 1.33. The highest BCUT2D eigenvalue weighted by Gasteiger charge is 2.13. The van der Waals surface area contributed by atoms with E-state index in [4.69, 9.17) is 5.73 Å². The van der Waals surface area contributed by atoms with E-state index in [1.54, 1.807) is 18.2 Å².